The van der Waals surface area contributed by atoms with Crippen LogP contribution in [0.1, 0.15) is 0 Å². The van der Waals surface area contributed by atoms with Gasteiger partial charge in [-0.1, -0.05) is 12.1 Å². The van der Waals surface area contributed by atoms with E-state index in [2.05, 4.69) is 30.3 Å². The van der Waals surface area contributed by atoms with Crippen LogP contribution in [0.5, 0.6) is 0 Å². The van der Waals surface area contributed by atoms with Gasteiger partial charge in [0, 0.05) is 0 Å². The first-order valence-corrected chi connectivity index (χ1v) is 5.23. The second-order valence-corrected chi connectivity index (χ2v) is 3.33. The Kier molecular flexibility index (Phi) is 9.38. The van der Waals surface area contributed by atoms with Crippen molar-refractivity contribution in [1.29, 1.82) is 0 Å². The molecule has 0 N–H and O–H groups in total. The molecule has 3 aromatic carbocycles. The van der Waals surface area contributed by atoms with Crippen molar-refractivity contribution < 1.29 is 0 Å². The summed E-state index contributed by atoms with van der Waals surface area (Å²) in [6.07, 6.45) is 0. The van der Waals surface area contributed by atoms with Gasteiger partial charge in [-0.2, -0.15) is 36.4 Å². The Bertz CT molecular complexity index is 445. The molecule has 0 aromatic heterocycles. The monoisotopic (exact) mass is 264 g/mol. The van der Waals surface area contributed by atoms with Crippen molar-refractivity contribution in [3.63, 3.8) is 0 Å². The molecule has 3 rings (SSSR count). The molecule has 0 aliphatic carbocycles. The fourth-order valence-corrected chi connectivity index (χ4v) is 1.41. The van der Waals surface area contributed by atoms with Crippen LogP contribution in [0.15, 0.2) is 72.8 Å². The smallest absolute Gasteiger partial charge is 0.184 e. The topological polar surface area (TPSA) is 0 Å². The van der Waals surface area contributed by atoms with E-state index in [0.29, 0.717) is 0 Å². The molecule has 0 fully saturated rings. The molecule has 0 radical (unpaired) electrons. The second-order valence-electron chi connectivity index (χ2n) is 3.33. The number of rotatable bonds is 0. The fourth-order valence-electron chi connectivity index (χ4n) is 1.41. The first-order valence-electron chi connectivity index (χ1n) is 5.23. The van der Waals surface area contributed by atoms with Gasteiger partial charge in [-0.05, 0) is 0 Å². The zero-order valence-corrected chi connectivity index (χ0v) is 12.3. The molecule has 0 unspecified atom stereocenters. The van der Waals surface area contributed by atoms with Crippen LogP contribution in [0, 0.1) is 12.1 Å². The second kappa shape index (κ2) is 9.95. The zero-order chi connectivity index (χ0) is 11.1. The van der Waals surface area contributed by atoms with E-state index >= 15 is 0 Å². The predicted octanol–water partition coefficient (Wildman–Crippen LogP) is 4.17. The maximum absolute atomic E-state index is 3.15. The zero-order valence-electron chi connectivity index (χ0n) is 10.0. The number of hydrogen-bond acceptors (Lipinski definition) is 0. The van der Waals surface area contributed by atoms with Crippen LogP contribution in [0.4, 0.5) is 0 Å². The molecule has 2 heteroatoms. The quantitative estimate of drug-likeness (QED) is 0.422. The van der Waals surface area contributed by atoms with E-state index in [1.807, 2.05) is 54.6 Å². The van der Waals surface area contributed by atoms with E-state index in [-0.39, 0.29) is 35.5 Å². The van der Waals surface area contributed by atoms with Gasteiger partial charge in [0.2, 0.25) is 0 Å². The van der Waals surface area contributed by atoms with E-state index in [9.17, 15) is 0 Å². The van der Waals surface area contributed by atoms with E-state index in [1.165, 1.54) is 10.8 Å². The standard InChI is InChI=1S/C10H7.C6H5.ClH.Mg/c1-2-6-10-8-4-3-7-9(10)5-1;1-2-4-6-5-3-1;;/h1-7H;1-5H;1H;/q2*-1;;+2. The molecule has 0 atom stereocenters. The summed E-state index contributed by atoms with van der Waals surface area (Å²) in [5.74, 6) is 0. The minimum absolute atomic E-state index is 0. The van der Waals surface area contributed by atoms with Crippen molar-refractivity contribution >= 4 is 46.2 Å². The van der Waals surface area contributed by atoms with Crippen LogP contribution >= 0.6 is 12.4 Å². The fraction of sp³-hybridized carbons (Fsp3) is 0. The Morgan fingerprint density at radius 3 is 1.89 bits per heavy atom. The summed E-state index contributed by atoms with van der Waals surface area (Å²) < 4.78 is 0. The Labute approximate surface area is 131 Å². The van der Waals surface area contributed by atoms with Gasteiger partial charge in [-0.25, -0.2) is 0 Å². The Morgan fingerprint density at radius 2 is 1.33 bits per heavy atom. The van der Waals surface area contributed by atoms with Gasteiger partial charge in [0.15, 0.2) is 0 Å². The normalized spacial score (nSPS) is 8.22. The molecular formula is C16H13ClMg. The average Bonchev–Trinajstić information content (AvgIpc) is 2.42. The first kappa shape index (κ1) is 17.0. The maximum atomic E-state index is 3.15. The first-order chi connectivity index (χ1) is 7.97. The molecule has 0 aliphatic rings. The van der Waals surface area contributed by atoms with Crippen molar-refractivity contribution in [2.75, 3.05) is 0 Å². The van der Waals surface area contributed by atoms with Crippen LogP contribution in [-0.4, -0.2) is 23.1 Å². The van der Waals surface area contributed by atoms with Gasteiger partial charge in [0.05, 0.1) is 0 Å². The van der Waals surface area contributed by atoms with E-state index < -0.39 is 0 Å². The molecule has 0 aliphatic heterocycles. The molecule has 86 valence electrons. The SMILES string of the molecule is Cl.[Mg+2].[c-]1cccc2ccccc12.[c-]1ccccc1. The third kappa shape index (κ3) is 5.54. The van der Waals surface area contributed by atoms with Crippen molar-refractivity contribution in [2.24, 2.45) is 0 Å². The molecule has 0 bridgehead atoms. The Morgan fingerprint density at radius 1 is 0.667 bits per heavy atom. The van der Waals surface area contributed by atoms with Crippen molar-refractivity contribution in [2.45, 2.75) is 0 Å². The molecule has 18 heavy (non-hydrogen) atoms. The van der Waals surface area contributed by atoms with Crippen molar-refractivity contribution in [3.05, 3.63) is 84.9 Å². The molecule has 0 nitrogen and oxygen atoms in total. The summed E-state index contributed by atoms with van der Waals surface area (Å²) in [5.41, 5.74) is 0. The molecule has 3 aromatic rings. The van der Waals surface area contributed by atoms with Crippen LogP contribution < -0.4 is 0 Å². The third-order valence-electron chi connectivity index (χ3n) is 2.18. The van der Waals surface area contributed by atoms with Crippen LogP contribution in [-0.2, 0) is 0 Å². The van der Waals surface area contributed by atoms with Crippen molar-refractivity contribution in [3.8, 4) is 0 Å². The number of fused-ring (bicyclic) bond motifs is 1. The summed E-state index contributed by atoms with van der Waals surface area (Å²) in [5, 5.41) is 2.44. The summed E-state index contributed by atoms with van der Waals surface area (Å²) in [6, 6.07) is 29.9. The van der Waals surface area contributed by atoms with Crippen LogP contribution in [0.2, 0.25) is 0 Å². The molecule has 0 saturated heterocycles. The van der Waals surface area contributed by atoms with Gasteiger partial charge in [0.1, 0.15) is 0 Å². The summed E-state index contributed by atoms with van der Waals surface area (Å²) in [7, 11) is 0. The van der Waals surface area contributed by atoms with Gasteiger partial charge >= 0.3 is 23.1 Å². The van der Waals surface area contributed by atoms with Crippen molar-refractivity contribution in [1.82, 2.24) is 0 Å². The molecule has 0 saturated carbocycles. The molecule has 0 heterocycles. The Hall–Kier alpha value is -1.02. The minimum atomic E-state index is 0. The van der Waals surface area contributed by atoms with E-state index in [0.717, 1.165) is 0 Å². The van der Waals surface area contributed by atoms with Gasteiger partial charge in [0.25, 0.3) is 0 Å². The largest absolute Gasteiger partial charge is 2.00 e. The number of hydrogen-bond donors (Lipinski definition) is 0. The maximum Gasteiger partial charge on any atom is 2.00 e. The van der Waals surface area contributed by atoms with Gasteiger partial charge in [-0.3, -0.25) is 0 Å². The molecular weight excluding hydrogens is 252 g/mol. The molecule has 0 spiro atoms. The summed E-state index contributed by atoms with van der Waals surface area (Å²) in [4.78, 5) is 0. The van der Waals surface area contributed by atoms with Crippen LogP contribution in [0.25, 0.3) is 10.8 Å². The summed E-state index contributed by atoms with van der Waals surface area (Å²) >= 11 is 0. The summed E-state index contributed by atoms with van der Waals surface area (Å²) in [6.45, 7) is 0. The average molecular weight is 265 g/mol. The number of halogens is 1. The predicted molar refractivity (Wildman–Crippen MR) is 81.1 cm³/mol. The Balaban J connectivity index is 0.000000319. The van der Waals surface area contributed by atoms with E-state index in [1.54, 1.807) is 0 Å². The molecule has 0 amide bonds. The number of benzene rings is 3. The third-order valence-corrected chi connectivity index (χ3v) is 2.18. The minimum Gasteiger partial charge on any atom is -0.184 e. The van der Waals surface area contributed by atoms with E-state index in [4.69, 9.17) is 0 Å². The van der Waals surface area contributed by atoms with Gasteiger partial charge < -0.3 is 0 Å². The van der Waals surface area contributed by atoms with Gasteiger partial charge in [-0.15, -0.1) is 59.6 Å². The van der Waals surface area contributed by atoms with Crippen LogP contribution in [0.3, 0.4) is 0 Å².